The summed E-state index contributed by atoms with van der Waals surface area (Å²) < 4.78 is 5.61. The molecule has 0 saturated carbocycles. The maximum atomic E-state index is 9.60. The van der Waals surface area contributed by atoms with Crippen LogP contribution in [0.2, 0.25) is 5.02 Å². The van der Waals surface area contributed by atoms with Gasteiger partial charge in [0.25, 0.3) is 0 Å². The molecule has 0 fully saturated rings. The highest BCUT2D eigenvalue weighted by molar-refractivity contribution is 9.09. The van der Waals surface area contributed by atoms with Crippen LogP contribution in [0.1, 0.15) is 11.1 Å². The Balaban J connectivity index is 1.99. The van der Waals surface area contributed by atoms with Crippen molar-refractivity contribution in [2.75, 3.05) is 5.33 Å². The monoisotopic (exact) mass is 355 g/mol. The highest BCUT2D eigenvalue weighted by atomic mass is 79.9. The van der Waals surface area contributed by atoms with Crippen molar-refractivity contribution < 1.29 is 9.84 Å². The molecule has 106 valence electrons. The molecule has 1 aromatic carbocycles. The van der Waals surface area contributed by atoms with Crippen molar-refractivity contribution in [3.8, 4) is 5.75 Å². The zero-order chi connectivity index (χ0) is 14.4. The molecule has 1 atom stereocenters. The van der Waals surface area contributed by atoms with Crippen LogP contribution in [0.4, 0.5) is 0 Å². The van der Waals surface area contributed by atoms with E-state index in [0.717, 1.165) is 11.1 Å². The van der Waals surface area contributed by atoms with E-state index >= 15 is 0 Å². The van der Waals surface area contributed by atoms with E-state index in [1.54, 1.807) is 12.4 Å². The summed E-state index contributed by atoms with van der Waals surface area (Å²) in [4.78, 5) is 3.99. The van der Waals surface area contributed by atoms with Crippen LogP contribution >= 0.6 is 27.5 Å². The van der Waals surface area contributed by atoms with Crippen molar-refractivity contribution in [2.45, 2.75) is 19.1 Å². The van der Waals surface area contributed by atoms with Gasteiger partial charge < -0.3 is 9.84 Å². The van der Waals surface area contributed by atoms with Crippen molar-refractivity contribution in [3.63, 3.8) is 0 Å². The number of pyridine rings is 1. The quantitative estimate of drug-likeness (QED) is 0.804. The molecule has 0 aliphatic heterocycles. The van der Waals surface area contributed by atoms with Crippen molar-refractivity contribution >= 4 is 27.5 Å². The van der Waals surface area contributed by atoms with Crippen LogP contribution in [-0.2, 0) is 13.0 Å². The van der Waals surface area contributed by atoms with E-state index in [4.69, 9.17) is 16.3 Å². The summed E-state index contributed by atoms with van der Waals surface area (Å²) in [5.74, 6) is 0.711. The first-order valence-electron chi connectivity index (χ1n) is 6.23. The fourth-order valence-electron chi connectivity index (χ4n) is 1.76. The van der Waals surface area contributed by atoms with Crippen molar-refractivity contribution in [1.82, 2.24) is 4.98 Å². The molecule has 20 heavy (non-hydrogen) atoms. The summed E-state index contributed by atoms with van der Waals surface area (Å²) in [6.07, 6.45) is 3.54. The number of aromatic nitrogens is 1. The second-order valence-corrected chi connectivity index (χ2v) is 5.47. The molecule has 5 heteroatoms. The second kappa shape index (κ2) is 7.62. The van der Waals surface area contributed by atoms with Gasteiger partial charge in [-0.1, -0.05) is 39.7 Å². The average molecular weight is 357 g/mol. The molecule has 0 spiro atoms. The Bertz CT molecular complexity index is 551. The summed E-state index contributed by atoms with van der Waals surface area (Å²) in [7, 11) is 0. The number of benzene rings is 1. The standard InChI is InChI=1S/C15H15BrClNO2/c16-8-13(19)6-11-3-4-12(15(17)7-11)10-20-14-2-1-5-18-9-14/h1-5,7,9,13,19H,6,8,10H2. The molecule has 3 nitrogen and oxygen atoms in total. The fraction of sp³-hybridized carbons (Fsp3) is 0.267. The lowest BCUT2D eigenvalue weighted by atomic mass is 10.1. The second-order valence-electron chi connectivity index (χ2n) is 4.42. The third kappa shape index (κ3) is 4.47. The van der Waals surface area contributed by atoms with Crippen LogP contribution in [0, 0.1) is 0 Å². The van der Waals surface area contributed by atoms with Crippen molar-refractivity contribution in [1.29, 1.82) is 0 Å². The molecule has 2 aromatic rings. The lowest BCUT2D eigenvalue weighted by Gasteiger charge is -2.11. The molecular weight excluding hydrogens is 342 g/mol. The average Bonchev–Trinajstić information content (AvgIpc) is 2.47. The zero-order valence-electron chi connectivity index (χ0n) is 10.8. The molecule has 0 aliphatic carbocycles. The molecule has 0 saturated heterocycles. The molecule has 0 aliphatic rings. The minimum absolute atomic E-state index is 0.395. The molecule has 1 aromatic heterocycles. The van der Waals surface area contributed by atoms with Gasteiger partial charge in [0.1, 0.15) is 12.4 Å². The Kier molecular flexibility index (Phi) is 5.83. The molecular formula is C15H15BrClNO2. The van der Waals surface area contributed by atoms with E-state index in [2.05, 4.69) is 20.9 Å². The van der Waals surface area contributed by atoms with E-state index in [0.29, 0.717) is 29.1 Å². The first kappa shape index (κ1) is 15.3. The third-order valence-electron chi connectivity index (χ3n) is 2.80. The fourth-order valence-corrected chi connectivity index (χ4v) is 2.24. The first-order valence-corrected chi connectivity index (χ1v) is 7.73. The normalized spacial score (nSPS) is 12.2. The van der Waals surface area contributed by atoms with E-state index < -0.39 is 6.10 Å². The van der Waals surface area contributed by atoms with E-state index in [-0.39, 0.29) is 0 Å². The van der Waals surface area contributed by atoms with Crippen LogP contribution < -0.4 is 4.74 Å². The highest BCUT2D eigenvalue weighted by Gasteiger charge is 2.07. The predicted octanol–water partition coefficient (Wildman–Crippen LogP) is 3.61. The van der Waals surface area contributed by atoms with Gasteiger partial charge in [-0.25, -0.2) is 0 Å². The molecule has 2 rings (SSSR count). The summed E-state index contributed by atoms with van der Waals surface area (Å²) in [5.41, 5.74) is 1.92. The maximum Gasteiger partial charge on any atom is 0.138 e. The summed E-state index contributed by atoms with van der Waals surface area (Å²) in [5, 5.41) is 10.8. The Hall–Kier alpha value is -1.10. The summed E-state index contributed by atoms with van der Waals surface area (Å²) >= 11 is 9.48. The van der Waals surface area contributed by atoms with E-state index in [1.165, 1.54) is 0 Å². The van der Waals surface area contributed by atoms with Gasteiger partial charge in [-0.3, -0.25) is 4.98 Å². The van der Waals surface area contributed by atoms with Crippen molar-refractivity contribution in [3.05, 3.63) is 58.9 Å². The molecule has 1 unspecified atom stereocenters. The number of alkyl halides is 1. The Morgan fingerprint density at radius 1 is 1.35 bits per heavy atom. The van der Waals surface area contributed by atoms with E-state index in [9.17, 15) is 5.11 Å². The third-order valence-corrected chi connectivity index (χ3v) is 3.89. The Morgan fingerprint density at radius 3 is 2.85 bits per heavy atom. The molecule has 0 bridgehead atoms. The minimum atomic E-state index is -0.399. The zero-order valence-corrected chi connectivity index (χ0v) is 13.1. The van der Waals surface area contributed by atoms with Gasteiger partial charge in [0, 0.05) is 22.1 Å². The van der Waals surface area contributed by atoms with Gasteiger partial charge in [-0.15, -0.1) is 0 Å². The number of aliphatic hydroxyl groups is 1. The molecule has 1 heterocycles. The van der Waals surface area contributed by atoms with E-state index in [1.807, 2.05) is 30.3 Å². The predicted molar refractivity (Wildman–Crippen MR) is 83.5 cm³/mol. The largest absolute Gasteiger partial charge is 0.487 e. The van der Waals surface area contributed by atoms with Crippen LogP contribution in [0.25, 0.3) is 0 Å². The first-order chi connectivity index (χ1) is 9.69. The summed E-state index contributed by atoms with van der Waals surface area (Å²) in [6.45, 7) is 0.395. The lowest BCUT2D eigenvalue weighted by Crippen LogP contribution is -2.11. The smallest absolute Gasteiger partial charge is 0.138 e. The van der Waals surface area contributed by atoms with Gasteiger partial charge >= 0.3 is 0 Å². The van der Waals surface area contributed by atoms with Gasteiger partial charge in [0.15, 0.2) is 0 Å². The maximum absolute atomic E-state index is 9.60. The summed E-state index contributed by atoms with van der Waals surface area (Å²) in [6, 6.07) is 9.42. The lowest BCUT2D eigenvalue weighted by molar-refractivity contribution is 0.201. The SMILES string of the molecule is OC(CBr)Cc1ccc(COc2cccnc2)c(Cl)c1. The van der Waals surface area contributed by atoms with Gasteiger partial charge in [0.2, 0.25) is 0 Å². The van der Waals surface area contributed by atoms with Crippen LogP contribution in [0.5, 0.6) is 5.75 Å². The van der Waals surface area contributed by atoms with Gasteiger partial charge in [0.05, 0.1) is 12.3 Å². The number of nitrogens with zero attached hydrogens (tertiary/aromatic N) is 1. The van der Waals surface area contributed by atoms with Crippen LogP contribution in [-0.4, -0.2) is 21.5 Å². The topological polar surface area (TPSA) is 42.4 Å². The van der Waals surface area contributed by atoms with Crippen LogP contribution in [0.15, 0.2) is 42.7 Å². The minimum Gasteiger partial charge on any atom is -0.487 e. The Morgan fingerprint density at radius 2 is 2.20 bits per heavy atom. The molecule has 0 amide bonds. The van der Waals surface area contributed by atoms with Gasteiger partial charge in [-0.2, -0.15) is 0 Å². The number of hydrogen-bond acceptors (Lipinski definition) is 3. The molecule has 1 N–H and O–H groups in total. The number of ether oxygens (including phenoxy) is 1. The van der Waals surface area contributed by atoms with Gasteiger partial charge in [-0.05, 0) is 30.2 Å². The number of aliphatic hydroxyl groups excluding tert-OH is 1. The van der Waals surface area contributed by atoms with Crippen molar-refractivity contribution in [2.24, 2.45) is 0 Å². The highest BCUT2D eigenvalue weighted by Crippen LogP contribution is 2.21. The number of hydrogen-bond donors (Lipinski definition) is 1. The Labute approximate surface area is 131 Å². The van der Waals surface area contributed by atoms with Crippen LogP contribution in [0.3, 0.4) is 0 Å². The number of rotatable bonds is 6. The number of halogens is 2. The molecule has 0 radical (unpaired) electrons.